The zero-order valence-electron chi connectivity index (χ0n) is 32.5. The number of hydrogen-bond acceptors (Lipinski definition) is 6. The largest absolute Gasteiger partial charge is 0.311 e. The highest BCUT2D eigenvalue weighted by atomic mass is 32.2. The standard InChI is InChI=1S/C51H46N4S2/c1-6-14-41(8-3)54(43-28-20-37(21-29-43)36-56-49-18-12-10-16-47(49)52-5)44-30-22-38(23-31-44)39-24-32-45(33-25-39)55(42(9-4)15-7-2)46-34-26-40(27-35-46)51-53-48-17-11-13-19-50(48)57-51/h6-10,12-16,18-35H,1,3,5,11,17,36H2,2,4H3/b15-7-,41-14+,42-9+. The highest BCUT2D eigenvalue weighted by Crippen LogP contribution is 2.38. The molecule has 0 atom stereocenters. The number of anilines is 4. The fourth-order valence-corrected chi connectivity index (χ4v) is 8.92. The monoisotopic (exact) mass is 778 g/mol. The summed E-state index contributed by atoms with van der Waals surface area (Å²) in [6, 6.07) is 43.1. The number of thiazole rings is 1. The molecule has 0 radical (unpaired) electrons. The minimum atomic E-state index is 0.833. The molecule has 0 unspecified atom stereocenters. The molecule has 0 saturated carbocycles. The molecule has 1 aliphatic carbocycles. The van der Waals surface area contributed by atoms with Gasteiger partial charge in [0.1, 0.15) is 5.01 Å². The zero-order chi connectivity index (χ0) is 39.6. The number of rotatable bonds is 15. The van der Waals surface area contributed by atoms with E-state index < -0.39 is 0 Å². The Morgan fingerprint density at radius 1 is 0.754 bits per heavy atom. The maximum absolute atomic E-state index is 4.96. The Bertz CT molecular complexity index is 2470. The molecular weight excluding hydrogens is 733 g/mol. The number of aryl methyl sites for hydroxylation is 1. The first-order valence-corrected chi connectivity index (χ1v) is 20.9. The van der Waals surface area contributed by atoms with E-state index in [2.05, 4.69) is 182 Å². The second-order valence-corrected chi connectivity index (χ2v) is 15.5. The lowest BCUT2D eigenvalue weighted by Gasteiger charge is -2.27. The second kappa shape index (κ2) is 18.6. The van der Waals surface area contributed by atoms with Crippen molar-refractivity contribution in [2.75, 3.05) is 9.80 Å². The van der Waals surface area contributed by atoms with E-state index in [0.717, 1.165) is 85.0 Å². The summed E-state index contributed by atoms with van der Waals surface area (Å²) >= 11 is 3.54. The molecule has 1 aliphatic rings. The third kappa shape index (κ3) is 8.94. The minimum absolute atomic E-state index is 0.833. The maximum atomic E-state index is 4.96. The van der Waals surface area contributed by atoms with Crippen LogP contribution < -0.4 is 9.80 Å². The van der Waals surface area contributed by atoms with Gasteiger partial charge in [0.2, 0.25) is 0 Å². The number of thioether (sulfide) groups is 1. The number of hydrogen-bond donors (Lipinski definition) is 0. The summed E-state index contributed by atoms with van der Waals surface area (Å²) in [6.07, 6.45) is 18.6. The van der Waals surface area contributed by atoms with Crippen molar-refractivity contribution in [3.05, 3.63) is 205 Å². The number of aliphatic imine (C=N–C) groups is 1. The molecule has 0 saturated heterocycles. The molecule has 0 amide bonds. The Morgan fingerprint density at radius 3 is 1.88 bits per heavy atom. The fourth-order valence-electron chi connectivity index (χ4n) is 6.90. The average molecular weight is 779 g/mol. The summed E-state index contributed by atoms with van der Waals surface area (Å²) in [5.41, 5.74) is 13.1. The quantitative estimate of drug-likeness (QED) is 0.0590. The molecule has 6 aromatic rings. The lowest BCUT2D eigenvalue weighted by atomic mass is 10.0. The normalized spacial score (nSPS) is 12.7. The van der Waals surface area contributed by atoms with Gasteiger partial charge in [-0.1, -0.05) is 86.0 Å². The first kappa shape index (κ1) is 39.0. The SMILES string of the molecule is C=C/C=C(\C=C)N(c1ccc(CSc2ccccc2N=C)cc1)c1ccc(-c2ccc(N(C(/C=C\C)=C/C)c3ccc(-c4nc5c(s4)C=CCC5)cc3)cc2)cc1. The minimum Gasteiger partial charge on any atom is -0.311 e. The Kier molecular flexibility index (Phi) is 12.8. The molecule has 0 spiro atoms. The van der Waals surface area contributed by atoms with Crippen LogP contribution in [0, 0.1) is 0 Å². The molecule has 1 heterocycles. The smallest absolute Gasteiger partial charge is 0.124 e. The van der Waals surface area contributed by atoms with Crippen LogP contribution in [0.5, 0.6) is 0 Å². The number of para-hydroxylation sites is 1. The van der Waals surface area contributed by atoms with Gasteiger partial charge in [-0.15, -0.1) is 23.1 Å². The average Bonchev–Trinajstić information content (AvgIpc) is 3.71. The molecule has 6 heteroatoms. The second-order valence-electron chi connectivity index (χ2n) is 13.4. The van der Waals surface area contributed by atoms with E-state index in [1.165, 1.54) is 16.1 Å². The van der Waals surface area contributed by atoms with Crippen LogP contribution in [-0.4, -0.2) is 11.7 Å². The van der Waals surface area contributed by atoms with Crippen LogP contribution in [0.2, 0.25) is 0 Å². The van der Waals surface area contributed by atoms with Crippen LogP contribution in [-0.2, 0) is 12.2 Å². The van der Waals surface area contributed by atoms with Gasteiger partial charge >= 0.3 is 0 Å². The zero-order valence-corrected chi connectivity index (χ0v) is 34.1. The van der Waals surface area contributed by atoms with Crippen molar-refractivity contribution in [3.8, 4) is 21.7 Å². The van der Waals surface area contributed by atoms with Gasteiger partial charge in [-0.2, -0.15) is 0 Å². The molecule has 7 rings (SSSR count). The Balaban J connectivity index is 1.12. The van der Waals surface area contributed by atoms with Gasteiger partial charge in [-0.3, -0.25) is 4.99 Å². The molecule has 5 aromatic carbocycles. The van der Waals surface area contributed by atoms with Crippen LogP contribution in [0.1, 0.15) is 36.4 Å². The van der Waals surface area contributed by atoms with E-state index in [1.54, 1.807) is 29.2 Å². The molecular formula is C51H46N4S2. The molecule has 0 N–H and O–H groups in total. The van der Waals surface area contributed by atoms with Crippen molar-refractivity contribution in [3.63, 3.8) is 0 Å². The molecule has 4 nitrogen and oxygen atoms in total. The highest BCUT2D eigenvalue weighted by molar-refractivity contribution is 7.98. The highest BCUT2D eigenvalue weighted by Gasteiger charge is 2.17. The third-order valence-electron chi connectivity index (χ3n) is 9.77. The number of fused-ring (bicyclic) bond motifs is 1. The fraction of sp³-hybridized carbons (Fsp3) is 0.0980. The lowest BCUT2D eigenvalue weighted by molar-refractivity contribution is 0.947. The van der Waals surface area contributed by atoms with Crippen molar-refractivity contribution < 1.29 is 0 Å². The van der Waals surface area contributed by atoms with Gasteiger partial charge in [-0.25, -0.2) is 4.98 Å². The van der Waals surface area contributed by atoms with E-state index >= 15 is 0 Å². The van der Waals surface area contributed by atoms with Crippen molar-refractivity contribution in [1.29, 1.82) is 0 Å². The molecule has 1 aromatic heterocycles. The van der Waals surface area contributed by atoms with E-state index in [9.17, 15) is 0 Å². The van der Waals surface area contributed by atoms with Gasteiger partial charge in [0.15, 0.2) is 0 Å². The van der Waals surface area contributed by atoms with Gasteiger partial charge < -0.3 is 9.80 Å². The van der Waals surface area contributed by atoms with Crippen LogP contribution in [0.25, 0.3) is 27.8 Å². The lowest BCUT2D eigenvalue weighted by Crippen LogP contribution is -2.15. The number of allylic oxidation sites excluding steroid dienone is 7. The van der Waals surface area contributed by atoms with E-state index in [0.29, 0.717) is 0 Å². The van der Waals surface area contributed by atoms with Crippen molar-refractivity contribution >= 4 is 64.3 Å². The first-order chi connectivity index (χ1) is 28.0. The van der Waals surface area contributed by atoms with Gasteiger partial charge in [0.25, 0.3) is 0 Å². The predicted octanol–water partition coefficient (Wildman–Crippen LogP) is 15.1. The van der Waals surface area contributed by atoms with Crippen LogP contribution in [0.3, 0.4) is 0 Å². The van der Waals surface area contributed by atoms with E-state index in [4.69, 9.17) is 4.98 Å². The molecule has 282 valence electrons. The number of aromatic nitrogens is 1. The number of benzene rings is 5. The number of nitrogens with zero attached hydrogens (tertiary/aromatic N) is 4. The van der Waals surface area contributed by atoms with Gasteiger partial charge in [-0.05, 0) is 147 Å². The van der Waals surface area contributed by atoms with E-state index in [1.807, 2.05) is 30.4 Å². The summed E-state index contributed by atoms with van der Waals surface area (Å²) in [5.74, 6) is 0.833. The molecule has 0 bridgehead atoms. The van der Waals surface area contributed by atoms with Crippen LogP contribution in [0.4, 0.5) is 28.4 Å². The van der Waals surface area contributed by atoms with E-state index in [-0.39, 0.29) is 0 Å². The topological polar surface area (TPSA) is 31.7 Å². The van der Waals surface area contributed by atoms with Crippen molar-refractivity contribution in [2.45, 2.75) is 37.3 Å². The predicted molar refractivity (Wildman–Crippen MR) is 250 cm³/mol. The molecule has 0 fully saturated rings. The maximum Gasteiger partial charge on any atom is 0.124 e. The van der Waals surface area contributed by atoms with Gasteiger partial charge in [0.05, 0.1) is 16.3 Å². The summed E-state index contributed by atoms with van der Waals surface area (Å²) < 4.78 is 0. The van der Waals surface area contributed by atoms with Crippen molar-refractivity contribution in [2.24, 2.45) is 4.99 Å². The van der Waals surface area contributed by atoms with Crippen LogP contribution >= 0.6 is 23.1 Å². The Morgan fingerprint density at radius 2 is 1.33 bits per heavy atom. The summed E-state index contributed by atoms with van der Waals surface area (Å²) in [6.45, 7) is 16.0. The Labute approximate surface area is 346 Å². The first-order valence-electron chi connectivity index (χ1n) is 19.1. The molecule has 0 aliphatic heterocycles. The molecule has 57 heavy (non-hydrogen) atoms. The summed E-state index contributed by atoms with van der Waals surface area (Å²) in [5, 5.41) is 1.08. The third-order valence-corrected chi connectivity index (χ3v) is 12.0. The van der Waals surface area contributed by atoms with Gasteiger partial charge in [0, 0.05) is 50.4 Å². The van der Waals surface area contributed by atoms with Crippen LogP contribution in [0.15, 0.2) is 198 Å². The Hall–Kier alpha value is -6.21. The van der Waals surface area contributed by atoms with Crippen molar-refractivity contribution in [1.82, 2.24) is 4.98 Å². The summed E-state index contributed by atoms with van der Waals surface area (Å²) in [7, 11) is 0. The summed E-state index contributed by atoms with van der Waals surface area (Å²) in [4.78, 5) is 16.0.